The molecule has 0 unspecified atom stereocenters. The van der Waals surface area contributed by atoms with E-state index in [4.69, 9.17) is 23.3 Å². The molecule has 1 fully saturated rings. The molecule has 1 saturated carbocycles. The van der Waals surface area contributed by atoms with Gasteiger partial charge in [0, 0.05) is 12.8 Å². The van der Waals surface area contributed by atoms with Gasteiger partial charge in [0.2, 0.25) is 0 Å². The third kappa shape index (κ3) is 1.47. The van der Waals surface area contributed by atoms with Crippen LogP contribution in [-0.2, 0) is 5.54 Å². The van der Waals surface area contributed by atoms with E-state index in [1.807, 2.05) is 0 Å². The molecule has 0 radical (unpaired) electrons. The fourth-order valence-corrected chi connectivity index (χ4v) is 1.94. The highest BCUT2D eigenvalue weighted by Gasteiger charge is 2.54. The summed E-state index contributed by atoms with van der Waals surface area (Å²) in [6, 6.07) is 4.91. The van der Waals surface area contributed by atoms with Crippen LogP contribution < -0.4 is 0 Å². The molecule has 4 heteroatoms. The van der Waals surface area contributed by atoms with Crippen molar-refractivity contribution in [2.75, 3.05) is 0 Å². The number of carbonyl (C=O) groups is 1. The van der Waals surface area contributed by atoms with Gasteiger partial charge in [-0.05, 0) is 12.1 Å². The number of carboxylic acid groups (broad SMARTS) is 1. The molecular formula is C11H8ClNO2. The van der Waals surface area contributed by atoms with Crippen LogP contribution in [0.5, 0.6) is 0 Å². The number of carboxylic acids is 1. The summed E-state index contributed by atoms with van der Waals surface area (Å²) in [6.07, 6.45) is 1.44. The Morgan fingerprint density at radius 1 is 1.53 bits per heavy atom. The number of hydrogen-bond donors (Lipinski definition) is 1. The Morgan fingerprint density at radius 3 is 2.67 bits per heavy atom. The van der Waals surface area contributed by atoms with Gasteiger partial charge in [-0.25, -0.2) is 11.4 Å². The Kier molecular flexibility index (Phi) is 2.17. The Labute approximate surface area is 92.1 Å². The summed E-state index contributed by atoms with van der Waals surface area (Å²) in [7, 11) is 0. The van der Waals surface area contributed by atoms with E-state index in [9.17, 15) is 4.79 Å². The second-order valence-electron chi connectivity index (χ2n) is 3.61. The first-order valence-corrected chi connectivity index (χ1v) is 4.89. The van der Waals surface area contributed by atoms with Crippen molar-refractivity contribution >= 4 is 17.6 Å². The highest BCUT2D eigenvalue weighted by Crippen LogP contribution is 2.51. The minimum absolute atomic E-state index is 0.0765. The second-order valence-corrected chi connectivity index (χ2v) is 4.02. The summed E-state index contributed by atoms with van der Waals surface area (Å²) in [6.45, 7) is 7.10. The normalized spacial score (nSPS) is 16.8. The first kappa shape index (κ1) is 10.0. The molecule has 1 aromatic carbocycles. The third-order valence-corrected chi connectivity index (χ3v) is 2.98. The van der Waals surface area contributed by atoms with Crippen molar-refractivity contribution in [2.45, 2.75) is 18.4 Å². The summed E-state index contributed by atoms with van der Waals surface area (Å²) in [5, 5.41) is 9.25. The van der Waals surface area contributed by atoms with Crippen molar-refractivity contribution in [1.29, 1.82) is 0 Å². The molecule has 1 aromatic rings. The maximum Gasteiger partial charge on any atom is 0.337 e. The zero-order valence-corrected chi connectivity index (χ0v) is 8.58. The van der Waals surface area contributed by atoms with Crippen molar-refractivity contribution < 1.29 is 9.90 Å². The van der Waals surface area contributed by atoms with Gasteiger partial charge in [0.1, 0.15) is 0 Å². The lowest BCUT2D eigenvalue weighted by molar-refractivity contribution is 0.0695. The zero-order chi connectivity index (χ0) is 11.1. The lowest BCUT2D eigenvalue weighted by atomic mass is 9.99. The standard InChI is InChI=1S/C11H8ClNO2/c1-13-11(5-6-11)7-3-2-4-8(12)9(7)10(14)15/h2-4H,5-6H2,(H,14,15). The van der Waals surface area contributed by atoms with E-state index >= 15 is 0 Å². The van der Waals surface area contributed by atoms with Gasteiger partial charge in [0.05, 0.1) is 16.1 Å². The van der Waals surface area contributed by atoms with Gasteiger partial charge >= 0.3 is 5.97 Å². The van der Waals surface area contributed by atoms with Gasteiger partial charge in [0.25, 0.3) is 5.54 Å². The van der Waals surface area contributed by atoms with Crippen LogP contribution in [0.1, 0.15) is 28.8 Å². The minimum Gasteiger partial charge on any atom is -0.478 e. The third-order valence-electron chi connectivity index (χ3n) is 2.67. The molecule has 0 atom stereocenters. The maximum absolute atomic E-state index is 11.0. The fraction of sp³-hybridized carbons (Fsp3) is 0.273. The fourth-order valence-electron chi connectivity index (χ4n) is 1.69. The summed E-state index contributed by atoms with van der Waals surface area (Å²) in [5.41, 5.74) is 0.00342. The Balaban J connectivity index is 2.63. The van der Waals surface area contributed by atoms with Crippen LogP contribution in [0.2, 0.25) is 5.02 Å². The van der Waals surface area contributed by atoms with E-state index in [0.717, 1.165) is 12.8 Å². The van der Waals surface area contributed by atoms with E-state index in [2.05, 4.69) is 4.85 Å². The molecule has 0 aromatic heterocycles. The average Bonchev–Trinajstić information content (AvgIpc) is 2.97. The molecule has 76 valence electrons. The van der Waals surface area contributed by atoms with Gasteiger partial charge in [-0.3, -0.25) is 0 Å². The summed E-state index contributed by atoms with van der Waals surface area (Å²) < 4.78 is 0. The first-order valence-electron chi connectivity index (χ1n) is 4.52. The highest BCUT2D eigenvalue weighted by molar-refractivity contribution is 6.33. The summed E-state index contributed by atoms with van der Waals surface area (Å²) in [4.78, 5) is 14.6. The van der Waals surface area contributed by atoms with E-state index < -0.39 is 11.5 Å². The van der Waals surface area contributed by atoms with Crippen molar-refractivity contribution in [3.63, 3.8) is 0 Å². The van der Waals surface area contributed by atoms with Gasteiger partial charge in [0.15, 0.2) is 0 Å². The molecule has 15 heavy (non-hydrogen) atoms. The highest BCUT2D eigenvalue weighted by atomic mass is 35.5. The number of nitrogens with zero attached hydrogens (tertiary/aromatic N) is 1. The smallest absolute Gasteiger partial charge is 0.337 e. The van der Waals surface area contributed by atoms with Crippen LogP contribution in [0.25, 0.3) is 4.85 Å². The Bertz CT molecular complexity index is 472. The van der Waals surface area contributed by atoms with E-state index in [0.29, 0.717) is 5.56 Å². The molecule has 1 aliphatic rings. The number of benzene rings is 1. The lowest BCUT2D eigenvalue weighted by Crippen LogP contribution is -2.10. The largest absolute Gasteiger partial charge is 0.478 e. The van der Waals surface area contributed by atoms with Gasteiger partial charge in [-0.2, -0.15) is 0 Å². The SMILES string of the molecule is [C-]#[N+]C1(c2cccc(Cl)c2C(=O)O)CC1. The predicted octanol–water partition coefficient (Wildman–Crippen LogP) is 2.95. The van der Waals surface area contributed by atoms with Gasteiger partial charge in [-0.15, -0.1) is 0 Å². The van der Waals surface area contributed by atoms with Gasteiger partial charge in [-0.1, -0.05) is 17.7 Å². The monoisotopic (exact) mass is 221 g/mol. The predicted molar refractivity (Wildman–Crippen MR) is 55.9 cm³/mol. The van der Waals surface area contributed by atoms with E-state index in [1.165, 1.54) is 6.07 Å². The van der Waals surface area contributed by atoms with Crippen LogP contribution in [-0.4, -0.2) is 11.1 Å². The van der Waals surface area contributed by atoms with Crippen LogP contribution in [0.15, 0.2) is 18.2 Å². The number of hydrogen-bond acceptors (Lipinski definition) is 1. The van der Waals surface area contributed by atoms with Crippen LogP contribution in [0.4, 0.5) is 0 Å². The molecular weight excluding hydrogens is 214 g/mol. The Morgan fingerprint density at radius 2 is 2.20 bits per heavy atom. The van der Waals surface area contributed by atoms with Crippen molar-refractivity contribution in [3.05, 3.63) is 45.8 Å². The maximum atomic E-state index is 11.0. The number of aromatic carboxylic acids is 1. The van der Waals surface area contributed by atoms with E-state index in [-0.39, 0.29) is 10.6 Å². The van der Waals surface area contributed by atoms with E-state index in [1.54, 1.807) is 12.1 Å². The first-order chi connectivity index (χ1) is 7.10. The van der Waals surface area contributed by atoms with Gasteiger partial charge < -0.3 is 9.95 Å². The van der Waals surface area contributed by atoms with Crippen molar-refractivity contribution in [2.24, 2.45) is 0 Å². The lowest BCUT2D eigenvalue weighted by Gasteiger charge is -2.08. The molecule has 1 aliphatic carbocycles. The Hall–Kier alpha value is -1.53. The topological polar surface area (TPSA) is 41.7 Å². The van der Waals surface area contributed by atoms with Crippen molar-refractivity contribution in [3.8, 4) is 0 Å². The number of halogens is 1. The molecule has 0 aliphatic heterocycles. The molecule has 0 amide bonds. The average molecular weight is 222 g/mol. The van der Waals surface area contributed by atoms with Crippen LogP contribution in [0, 0.1) is 6.57 Å². The summed E-state index contributed by atoms with van der Waals surface area (Å²) in [5.74, 6) is -1.06. The molecule has 3 nitrogen and oxygen atoms in total. The molecule has 2 rings (SSSR count). The molecule has 0 spiro atoms. The minimum atomic E-state index is -1.06. The zero-order valence-electron chi connectivity index (χ0n) is 7.83. The van der Waals surface area contributed by atoms with Crippen LogP contribution in [0.3, 0.4) is 0 Å². The number of rotatable bonds is 2. The molecule has 1 N–H and O–H groups in total. The summed E-state index contributed by atoms with van der Waals surface area (Å²) >= 11 is 5.83. The van der Waals surface area contributed by atoms with Crippen molar-refractivity contribution in [1.82, 2.24) is 0 Å². The van der Waals surface area contributed by atoms with Crippen LogP contribution >= 0.6 is 11.6 Å². The quantitative estimate of drug-likeness (QED) is 0.781. The second kappa shape index (κ2) is 3.25. The molecule has 0 saturated heterocycles. The molecule has 0 heterocycles. The molecule has 0 bridgehead atoms.